The predicted molar refractivity (Wildman–Crippen MR) is 125 cm³/mol. The SMILES string of the molecule is COc1ccc2c(c1)c(C(=O)c1nnc(-c3cccnc3)o1)c(C)n2Cc1ccc(Cl)cc1. The lowest BCUT2D eigenvalue weighted by molar-refractivity contribution is 0.100. The van der Waals surface area contributed by atoms with Gasteiger partial charge in [0.05, 0.1) is 18.2 Å². The van der Waals surface area contributed by atoms with Crippen LogP contribution in [0, 0.1) is 6.92 Å². The molecule has 0 aliphatic carbocycles. The minimum atomic E-state index is -0.344. The molecule has 0 saturated carbocycles. The summed E-state index contributed by atoms with van der Waals surface area (Å²) in [6, 6.07) is 16.9. The normalized spacial score (nSPS) is 11.1. The average Bonchev–Trinajstić information content (AvgIpc) is 3.44. The van der Waals surface area contributed by atoms with Crippen molar-refractivity contribution in [1.82, 2.24) is 19.7 Å². The van der Waals surface area contributed by atoms with Gasteiger partial charge < -0.3 is 13.7 Å². The first kappa shape index (κ1) is 20.9. The zero-order chi connectivity index (χ0) is 22.9. The van der Waals surface area contributed by atoms with Crippen LogP contribution in [0.4, 0.5) is 0 Å². The lowest BCUT2D eigenvalue weighted by Gasteiger charge is -2.09. The summed E-state index contributed by atoms with van der Waals surface area (Å²) in [5.41, 5.74) is 3.90. The van der Waals surface area contributed by atoms with Crippen LogP contribution in [0.1, 0.15) is 27.5 Å². The molecule has 8 heteroatoms. The van der Waals surface area contributed by atoms with Gasteiger partial charge in [0.15, 0.2) is 0 Å². The van der Waals surface area contributed by atoms with Crippen molar-refractivity contribution in [3.05, 3.63) is 94.7 Å². The molecule has 0 atom stereocenters. The Balaban J connectivity index is 1.61. The summed E-state index contributed by atoms with van der Waals surface area (Å²) in [5.74, 6) is 0.474. The van der Waals surface area contributed by atoms with Crippen LogP contribution in [0.5, 0.6) is 5.75 Å². The predicted octanol–water partition coefficient (Wildman–Crippen LogP) is 5.34. The van der Waals surface area contributed by atoms with Crippen LogP contribution in [-0.4, -0.2) is 32.6 Å². The van der Waals surface area contributed by atoms with Gasteiger partial charge in [-0.1, -0.05) is 23.7 Å². The maximum absolute atomic E-state index is 13.6. The van der Waals surface area contributed by atoms with Crippen LogP contribution >= 0.6 is 11.6 Å². The largest absolute Gasteiger partial charge is 0.497 e. The third-order valence-corrected chi connectivity index (χ3v) is 5.79. The molecule has 7 nitrogen and oxygen atoms in total. The van der Waals surface area contributed by atoms with Gasteiger partial charge in [0, 0.05) is 40.6 Å². The number of halogens is 1. The molecule has 5 rings (SSSR count). The summed E-state index contributed by atoms with van der Waals surface area (Å²) < 4.78 is 13.2. The van der Waals surface area contributed by atoms with Gasteiger partial charge in [-0.05, 0) is 55.0 Å². The molecule has 3 heterocycles. The quantitative estimate of drug-likeness (QED) is 0.319. The Morgan fingerprint density at radius 3 is 2.67 bits per heavy atom. The highest BCUT2D eigenvalue weighted by molar-refractivity contribution is 6.30. The van der Waals surface area contributed by atoms with E-state index in [-0.39, 0.29) is 17.6 Å². The molecular formula is C25H19ClN4O3. The highest BCUT2D eigenvalue weighted by atomic mass is 35.5. The van der Waals surface area contributed by atoms with Crippen molar-refractivity contribution in [2.45, 2.75) is 13.5 Å². The van der Waals surface area contributed by atoms with E-state index in [1.807, 2.05) is 49.4 Å². The van der Waals surface area contributed by atoms with E-state index in [0.717, 1.165) is 22.2 Å². The molecule has 0 bridgehead atoms. The van der Waals surface area contributed by atoms with E-state index in [2.05, 4.69) is 19.7 Å². The number of pyridine rings is 1. The molecule has 33 heavy (non-hydrogen) atoms. The molecular weight excluding hydrogens is 440 g/mol. The summed E-state index contributed by atoms with van der Waals surface area (Å²) in [4.78, 5) is 17.6. The second kappa shape index (κ2) is 8.52. The minimum Gasteiger partial charge on any atom is -0.497 e. The zero-order valence-electron chi connectivity index (χ0n) is 17.9. The van der Waals surface area contributed by atoms with Gasteiger partial charge in [-0.25, -0.2) is 0 Å². The molecule has 0 unspecified atom stereocenters. The number of nitrogens with zero attached hydrogens (tertiary/aromatic N) is 4. The molecule has 0 aliphatic heterocycles. The van der Waals surface area contributed by atoms with Crippen molar-refractivity contribution in [2.24, 2.45) is 0 Å². The number of ether oxygens (including phenoxy) is 1. The maximum Gasteiger partial charge on any atom is 0.289 e. The van der Waals surface area contributed by atoms with Gasteiger partial charge in [0.2, 0.25) is 5.89 Å². The molecule has 3 aromatic heterocycles. The van der Waals surface area contributed by atoms with Crippen LogP contribution in [0.2, 0.25) is 5.02 Å². The van der Waals surface area contributed by atoms with E-state index in [9.17, 15) is 4.79 Å². The standard InChI is InChI=1S/C25H19ClN4O3/c1-15-22(23(31)25-29-28-24(33-25)17-4-3-11-27-13-17)20-12-19(32-2)9-10-21(20)30(15)14-16-5-7-18(26)8-6-16/h3-13H,14H2,1-2H3. The molecule has 0 fully saturated rings. The minimum absolute atomic E-state index is 0.0784. The molecule has 164 valence electrons. The Morgan fingerprint density at radius 1 is 1.12 bits per heavy atom. The molecule has 0 saturated heterocycles. The van der Waals surface area contributed by atoms with Gasteiger partial charge in [-0.2, -0.15) is 0 Å². The second-order valence-electron chi connectivity index (χ2n) is 7.54. The van der Waals surface area contributed by atoms with E-state index in [0.29, 0.717) is 28.4 Å². The van der Waals surface area contributed by atoms with Gasteiger partial charge in [0.25, 0.3) is 11.7 Å². The van der Waals surface area contributed by atoms with Crippen LogP contribution < -0.4 is 4.74 Å². The number of aromatic nitrogens is 4. The fourth-order valence-electron chi connectivity index (χ4n) is 3.88. The number of hydrogen-bond donors (Lipinski definition) is 0. The first-order chi connectivity index (χ1) is 16.0. The highest BCUT2D eigenvalue weighted by Gasteiger charge is 2.26. The number of rotatable bonds is 6. The Kier molecular flexibility index (Phi) is 5.40. The summed E-state index contributed by atoms with van der Waals surface area (Å²) in [6.07, 6.45) is 3.26. The summed E-state index contributed by atoms with van der Waals surface area (Å²) in [6.45, 7) is 2.48. The number of carbonyl (C=O) groups excluding carboxylic acids is 1. The first-order valence-corrected chi connectivity index (χ1v) is 10.6. The molecule has 0 spiro atoms. The highest BCUT2D eigenvalue weighted by Crippen LogP contribution is 2.32. The van der Waals surface area contributed by atoms with Crippen molar-refractivity contribution in [2.75, 3.05) is 7.11 Å². The van der Waals surface area contributed by atoms with Crippen LogP contribution in [0.25, 0.3) is 22.4 Å². The van der Waals surface area contributed by atoms with E-state index in [4.69, 9.17) is 20.8 Å². The van der Waals surface area contributed by atoms with Crippen molar-refractivity contribution < 1.29 is 13.9 Å². The maximum atomic E-state index is 13.6. The third-order valence-electron chi connectivity index (χ3n) is 5.54. The molecule has 2 aromatic carbocycles. The van der Waals surface area contributed by atoms with Crippen LogP contribution in [0.15, 0.2) is 71.4 Å². The number of benzene rings is 2. The summed E-state index contributed by atoms with van der Waals surface area (Å²) in [5, 5.41) is 9.48. The monoisotopic (exact) mass is 458 g/mol. The van der Waals surface area contributed by atoms with E-state index in [1.54, 1.807) is 31.6 Å². The molecule has 0 N–H and O–H groups in total. The van der Waals surface area contributed by atoms with E-state index >= 15 is 0 Å². The topological polar surface area (TPSA) is 83.0 Å². The second-order valence-corrected chi connectivity index (χ2v) is 7.98. The molecule has 0 aliphatic rings. The Hall–Kier alpha value is -3.97. The van der Waals surface area contributed by atoms with Gasteiger partial charge >= 0.3 is 0 Å². The average molecular weight is 459 g/mol. The van der Waals surface area contributed by atoms with Crippen molar-refractivity contribution in [3.63, 3.8) is 0 Å². The Bertz CT molecular complexity index is 1460. The van der Waals surface area contributed by atoms with Gasteiger partial charge in [-0.3, -0.25) is 9.78 Å². The Labute approximate surface area is 194 Å². The van der Waals surface area contributed by atoms with E-state index in [1.165, 1.54) is 0 Å². The fraction of sp³-hybridized carbons (Fsp3) is 0.120. The van der Waals surface area contributed by atoms with Crippen molar-refractivity contribution in [3.8, 4) is 17.2 Å². The summed E-state index contributed by atoms with van der Waals surface area (Å²) >= 11 is 6.04. The van der Waals surface area contributed by atoms with Crippen LogP contribution in [0.3, 0.4) is 0 Å². The third kappa shape index (κ3) is 3.87. The number of hydrogen-bond acceptors (Lipinski definition) is 6. The number of ketones is 1. The van der Waals surface area contributed by atoms with Crippen molar-refractivity contribution in [1.29, 1.82) is 0 Å². The van der Waals surface area contributed by atoms with Crippen molar-refractivity contribution >= 4 is 28.3 Å². The molecule has 5 aromatic rings. The van der Waals surface area contributed by atoms with Gasteiger partial charge in [-0.15, -0.1) is 10.2 Å². The van der Waals surface area contributed by atoms with E-state index < -0.39 is 0 Å². The fourth-order valence-corrected chi connectivity index (χ4v) is 4.00. The van der Waals surface area contributed by atoms with Gasteiger partial charge in [0.1, 0.15) is 5.75 Å². The Morgan fingerprint density at radius 2 is 1.94 bits per heavy atom. The zero-order valence-corrected chi connectivity index (χ0v) is 18.7. The summed E-state index contributed by atoms with van der Waals surface area (Å²) in [7, 11) is 1.60. The lowest BCUT2D eigenvalue weighted by atomic mass is 10.1. The lowest BCUT2D eigenvalue weighted by Crippen LogP contribution is -2.06. The smallest absolute Gasteiger partial charge is 0.289 e. The number of carbonyl (C=O) groups is 1. The number of fused-ring (bicyclic) bond motifs is 1. The van der Waals surface area contributed by atoms with Crippen LogP contribution in [-0.2, 0) is 6.54 Å². The molecule has 0 radical (unpaired) electrons. The molecule has 0 amide bonds. The number of methoxy groups -OCH3 is 1. The first-order valence-electron chi connectivity index (χ1n) is 10.2.